The summed E-state index contributed by atoms with van der Waals surface area (Å²) in [6.07, 6.45) is 2.99. The minimum Gasteiger partial charge on any atom is -0.284 e. The fourth-order valence-electron chi connectivity index (χ4n) is 1.36. The van der Waals surface area contributed by atoms with Gasteiger partial charge in [0, 0.05) is 11.6 Å². The maximum atomic E-state index is 11.5. The van der Waals surface area contributed by atoms with Crippen molar-refractivity contribution >= 4 is 27.3 Å². The lowest BCUT2D eigenvalue weighted by Gasteiger charge is -2.07. The highest BCUT2D eigenvalue weighted by atomic mass is 35.5. The smallest absolute Gasteiger partial charge is 0.233 e. The van der Waals surface area contributed by atoms with Crippen molar-refractivity contribution in [3.63, 3.8) is 0 Å². The Bertz CT molecular complexity index is 595. The summed E-state index contributed by atoms with van der Waals surface area (Å²) in [4.78, 5) is 3.83. The summed E-state index contributed by atoms with van der Waals surface area (Å²) in [5.41, 5.74) is 1.29. The molecule has 18 heavy (non-hydrogen) atoms. The summed E-state index contributed by atoms with van der Waals surface area (Å²) < 4.78 is 27.0. The molecule has 0 fully saturated rings. The predicted octanol–water partition coefficient (Wildman–Crippen LogP) is 1.25. The van der Waals surface area contributed by atoms with Gasteiger partial charge in [-0.1, -0.05) is 0 Å². The molecule has 1 N–H and O–H groups in total. The van der Waals surface area contributed by atoms with Crippen LogP contribution in [-0.2, 0) is 10.0 Å². The Hall–Kier alpha value is -1.60. The molecule has 0 saturated heterocycles. The van der Waals surface area contributed by atoms with E-state index < -0.39 is 10.0 Å². The van der Waals surface area contributed by atoms with E-state index in [1.54, 1.807) is 35.3 Å². The first-order chi connectivity index (χ1) is 8.61. The largest absolute Gasteiger partial charge is 0.284 e. The van der Waals surface area contributed by atoms with Crippen molar-refractivity contribution in [3.05, 3.63) is 36.9 Å². The van der Waals surface area contributed by atoms with Gasteiger partial charge in [-0.2, -0.15) is 5.10 Å². The molecule has 0 spiro atoms. The second-order valence-electron chi connectivity index (χ2n) is 3.50. The van der Waals surface area contributed by atoms with Crippen LogP contribution in [0.15, 0.2) is 36.9 Å². The van der Waals surface area contributed by atoms with E-state index in [9.17, 15) is 8.42 Å². The average Bonchev–Trinajstić information content (AvgIpc) is 2.82. The van der Waals surface area contributed by atoms with Crippen molar-refractivity contribution in [2.24, 2.45) is 0 Å². The Morgan fingerprint density at radius 1 is 1.28 bits per heavy atom. The van der Waals surface area contributed by atoms with Crippen LogP contribution in [0.4, 0.5) is 5.69 Å². The molecule has 0 radical (unpaired) electrons. The molecule has 0 bridgehead atoms. The van der Waals surface area contributed by atoms with Crippen LogP contribution in [0.3, 0.4) is 0 Å². The number of rotatable bonds is 5. The maximum absolute atomic E-state index is 11.5. The third-order valence-electron chi connectivity index (χ3n) is 2.17. The van der Waals surface area contributed by atoms with Crippen LogP contribution in [0, 0.1) is 0 Å². The van der Waals surface area contributed by atoms with E-state index in [1.165, 1.54) is 6.33 Å². The van der Waals surface area contributed by atoms with Crippen LogP contribution < -0.4 is 4.72 Å². The maximum Gasteiger partial charge on any atom is 0.233 e. The van der Waals surface area contributed by atoms with Crippen LogP contribution in [0.1, 0.15) is 0 Å². The van der Waals surface area contributed by atoms with Crippen LogP contribution in [0.25, 0.3) is 5.69 Å². The minimum atomic E-state index is -3.37. The van der Waals surface area contributed by atoms with Gasteiger partial charge in [-0.05, 0) is 24.3 Å². The summed E-state index contributed by atoms with van der Waals surface area (Å²) in [6, 6.07) is 6.80. The van der Waals surface area contributed by atoms with Crippen LogP contribution in [0.2, 0.25) is 0 Å². The van der Waals surface area contributed by atoms with Gasteiger partial charge in [0.15, 0.2) is 0 Å². The zero-order valence-corrected chi connectivity index (χ0v) is 10.9. The number of benzene rings is 1. The van der Waals surface area contributed by atoms with Gasteiger partial charge in [0.2, 0.25) is 10.0 Å². The summed E-state index contributed by atoms with van der Waals surface area (Å²) in [7, 11) is -3.37. The van der Waals surface area contributed by atoms with Crippen molar-refractivity contribution in [2.45, 2.75) is 0 Å². The molecule has 0 unspecified atom stereocenters. The van der Waals surface area contributed by atoms with E-state index in [-0.39, 0.29) is 11.6 Å². The van der Waals surface area contributed by atoms with Crippen molar-refractivity contribution in [3.8, 4) is 5.69 Å². The molecule has 1 aromatic carbocycles. The first-order valence-electron chi connectivity index (χ1n) is 5.12. The molecule has 2 aromatic rings. The molecule has 6 nitrogen and oxygen atoms in total. The van der Waals surface area contributed by atoms with Crippen molar-refractivity contribution in [1.82, 2.24) is 14.8 Å². The number of aromatic nitrogens is 3. The number of halogens is 1. The van der Waals surface area contributed by atoms with Gasteiger partial charge >= 0.3 is 0 Å². The first-order valence-corrected chi connectivity index (χ1v) is 7.31. The summed E-state index contributed by atoms with van der Waals surface area (Å²) in [6.45, 7) is 0. The molecule has 0 aliphatic rings. The summed E-state index contributed by atoms with van der Waals surface area (Å²) in [5, 5.41) is 3.97. The average molecular weight is 287 g/mol. The van der Waals surface area contributed by atoms with Gasteiger partial charge in [0.05, 0.1) is 11.4 Å². The highest BCUT2D eigenvalue weighted by Gasteiger charge is 2.09. The number of nitrogens with one attached hydrogen (secondary N) is 1. The second-order valence-corrected chi connectivity index (χ2v) is 5.72. The fourth-order valence-corrected chi connectivity index (χ4v) is 2.77. The van der Waals surface area contributed by atoms with Crippen molar-refractivity contribution < 1.29 is 8.42 Å². The van der Waals surface area contributed by atoms with Gasteiger partial charge in [-0.25, -0.2) is 18.1 Å². The molecule has 96 valence electrons. The Kier molecular flexibility index (Phi) is 3.83. The molecule has 8 heteroatoms. The molecule has 0 aliphatic carbocycles. The van der Waals surface area contributed by atoms with Crippen LogP contribution >= 0.6 is 11.6 Å². The Labute approximate surface area is 110 Å². The normalized spacial score (nSPS) is 11.4. The number of sulfonamides is 1. The lowest BCUT2D eigenvalue weighted by Crippen LogP contribution is -2.17. The topological polar surface area (TPSA) is 76.9 Å². The number of anilines is 1. The number of nitrogens with zero attached hydrogens (tertiary/aromatic N) is 3. The van der Waals surface area contributed by atoms with E-state index in [4.69, 9.17) is 11.6 Å². The molecule has 1 aromatic heterocycles. The minimum absolute atomic E-state index is 0.0619. The third kappa shape index (κ3) is 3.21. The zero-order chi connectivity index (χ0) is 13.0. The Morgan fingerprint density at radius 3 is 2.56 bits per heavy atom. The second kappa shape index (κ2) is 5.36. The van der Waals surface area contributed by atoms with Gasteiger partial charge in [-0.3, -0.25) is 4.72 Å². The fraction of sp³-hybridized carbons (Fsp3) is 0.200. The van der Waals surface area contributed by atoms with E-state index >= 15 is 0 Å². The molecule has 2 rings (SSSR count). The van der Waals surface area contributed by atoms with Crippen LogP contribution in [0.5, 0.6) is 0 Å². The Balaban J connectivity index is 2.14. The molecule has 0 aliphatic heterocycles. The van der Waals surface area contributed by atoms with E-state index in [0.29, 0.717) is 5.69 Å². The zero-order valence-electron chi connectivity index (χ0n) is 9.32. The summed E-state index contributed by atoms with van der Waals surface area (Å²) in [5.74, 6) is -0.0498. The van der Waals surface area contributed by atoms with Crippen molar-refractivity contribution in [2.75, 3.05) is 16.4 Å². The van der Waals surface area contributed by atoms with Gasteiger partial charge in [0.1, 0.15) is 12.7 Å². The molecular weight excluding hydrogens is 276 g/mol. The SMILES string of the molecule is O=S(=O)(CCCl)Nc1ccc(-n2cncn2)cc1. The first kappa shape index (κ1) is 12.8. The van der Waals surface area contributed by atoms with E-state index in [1.807, 2.05) is 0 Å². The summed E-state index contributed by atoms with van der Waals surface area (Å²) >= 11 is 5.41. The van der Waals surface area contributed by atoms with Gasteiger partial charge in [0.25, 0.3) is 0 Å². The van der Waals surface area contributed by atoms with E-state index in [2.05, 4.69) is 14.8 Å². The molecule has 0 atom stereocenters. The van der Waals surface area contributed by atoms with Gasteiger partial charge in [-0.15, -0.1) is 11.6 Å². The quantitative estimate of drug-likeness (QED) is 0.839. The monoisotopic (exact) mass is 286 g/mol. The van der Waals surface area contributed by atoms with Crippen LogP contribution in [-0.4, -0.2) is 34.8 Å². The third-order valence-corrected chi connectivity index (χ3v) is 3.87. The molecular formula is C10H11ClN4O2S. The molecule has 0 amide bonds. The molecule has 1 heterocycles. The highest BCUT2D eigenvalue weighted by Crippen LogP contribution is 2.13. The number of hydrogen-bond donors (Lipinski definition) is 1. The molecule has 0 saturated carbocycles. The van der Waals surface area contributed by atoms with Crippen molar-refractivity contribution in [1.29, 1.82) is 0 Å². The highest BCUT2D eigenvalue weighted by molar-refractivity contribution is 7.92. The Morgan fingerprint density at radius 2 is 2.00 bits per heavy atom. The lowest BCUT2D eigenvalue weighted by molar-refractivity contribution is 0.602. The van der Waals surface area contributed by atoms with Gasteiger partial charge < -0.3 is 0 Å². The van der Waals surface area contributed by atoms with E-state index in [0.717, 1.165) is 5.69 Å². The predicted molar refractivity (Wildman–Crippen MR) is 69.5 cm³/mol. The number of hydrogen-bond acceptors (Lipinski definition) is 4. The standard InChI is InChI=1S/C10H11ClN4O2S/c11-5-6-18(16,17)14-9-1-3-10(4-2-9)15-8-12-7-13-15/h1-4,7-8,14H,5-6H2. The lowest BCUT2D eigenvalue weighted by atomic mass is 10.3. The number of alkyl halides is 1.